The van der Waals surface area contributed by atoms with Crippen molar-refractivity contribution in [3.8, 4) is 6.07 Å². The Bertz CT molecular complexity index is 382. The molecule has 1 saturated carbocycles. The number of nitrogens with one attached hydrogen (secondary N) is 1. The quantitative estimate of drug-likeness (QED) is 0.805. The molecule has 1 fully saturated rings. The molecule has 0 saturated heterocycles. The van der Waals surface area contributed by atoms with Gasteiger partial charge in [0.1, 0.15) is 11.9 Å². The van der Waals surface area contributed by atoms with Crippen LogP contribution in [0.1, 0.15) is 24.8 Å². The van der Waals surface area contributed by atoms with E-state index in [-0.39, 0.29) is 6.10 Å². The number of hydrogen-bond acceptors (Lipinski definition) is 4. The van der Waals surface area contributed by atoms with Crippen LogP contribution < -0.4 is 5.32 Å². The first-order chi connectivity index (χ1) is 7.78. The molecule has 4 nitrogen and oxygen atoms in total. The first-order valence-electron chi connectivity index (χ1n) is 5.56. The number of rotatable bonds is 3. The minimum absolute atomic E-state index is 0.124. The van der Waals surface area contributed by atoms with Crippen LogP contribution in [0.4, 0.5) is 5.82 Å². The molecule has 1 aliphatic carbocycles. The predicted octanol–water partition coefficient (Wildman–Crippen LogP) is 1.53. The molecule has 16 heavy (non-hydrogen) atoms. The Kier molecular flexibility index (Phi) is 3.37. The Morgan fingerprint density at radius 2 is 2.38 bits per heavy atom. The van der Waals surface area contributed by atoms with Crippen LogP contribution in [0, 0.1) is 17.2 Å². The second-order valence-corrected chi connectivity index (χ2v) is 4.26. The normalized spacial score (nSPS) is 24.0. The maximum absolute atomic E-state index is 9.39. The average Bonchev–Trinajstić information content (AvgIpc) is 2.73. The van der Waals surface area contributed by atoms with Crippen LogP contribution in [0.5, 0.6) is 0 Å². The topological polar surface area (TPSA) is 68.9 Å². The molecule has 2 rings (SSSR count). The fourth-order valence-corrected chi connectivity index (χ4v) is 2.05. The minimum Gasteiger partial charge on any atom is -0.393 e. The van der Waals surface area contributed by atoms with E-state index in [2.05, 4.69) is 10.3 Å². The highest BCUT2D eigenvalue weighted by atomic mass is 16.3. The van der Waals surface area contributed by atoms with Gasteiger partial charge in [0, 0.05) is 12.7 Å². The summed E-state index contributed by atoms with van der Waals surface area (Å²) in [6.45, 7) is 0.843. The molecule has 2 N–H and O–H groups in total. The van der Waals surface area contributed by atoms with E-state index in [1.54, 1.807) is 12.3 Å². The summed E-state index contributed by atoms with van der Waals surface area (Å²) in [5, 5.41) is 21.2. The summed E-state index contributed by atoms with van der Waals surface area (Å²) in [5.41, 5.74) is 0.571. The number of anilines is 1. The molecule has 0 spiro atoms. The number of hydrogen-bond donors (Lipinski definition) is 2. The smallest absolute Gasteiger partial charge is 0.125 e. The van der Waals surface area contributed by atoms with Gasteiger partial charge < -0.3 is 10.4 Å². The number of nitriles is 1. The summed E-state index contributed by atoms with van der Waals surface area (Å²) in [7, 11) is 0. The minimum atomic E-state index is -0.124. The van der Waals surface area contributed by atoms with Crippen LogP contribution in [0.2, 0.25) is 0 Å². The van der Waals surface area contributed by atoms with Crippen molar-refractivity contribution in [3.05, 3.63) is 23.9 Å². The summed E-state index contributed by atoms with van der Waals surface area (Å²) in [5.74, 6) is 1.33. The zero-order valence-electron chi connectivity index (χ0n) is 9.06. The van der Waals surface area contributed by atoms with Gasteiger partial charge in [0.25, 0.3) is 0 Å². The lowest BCUT2D eigenvalue weighted by molar-refractivity contribution is 0.178. The molecular weight excluding hydrogens is 202 g/mol. The summed E-state index contributed by atoms with van der Waals surface area (Å²) in [6, 6.07) is 5.59. The second-order valence-electron chi connectivity index (χ2n) is 4.26. The molecule has 2 unspecified atom stereocenters. The predicted molar refractivity (Wildman–Crippen MR) is 60.8 cm³/mol. The zero-order valence-corrected chi connectivity index (χ0v) is 9.06. The Morgan fingerprint density at radius 3 is 2.94 bits per heavy atom. The van der Waals surface area contributed by atoms with Crippen molar-refractivity contribution in [2.45, 2.75) is 25.4 Å². The van der Waals surface area contributed by atoms with Crippen molar-refractivity contribution in [2.75, 3.05) is 11.9 Å². The Morgan fingerprint density at radius 1 is 1.50 bits per heavy atom. The van der Waals surface area contributed by atoms with Crippen LogP contribution in [0.3, 0.4) is 0 Å². The third kappa shape index (κ3) is 2.71. The number of aliphatic hydroxyl groups excluding tert-OH is 1. The van der Waals surface area contributed by atoms with Crippen LogP contribution in [0.25, 0.3) is 0 Å². The Labute approximate surface area is 94.9 Å². The molecule has 0 aromatic carbocycles. The standard InChI is InChI=1S/C12H15N3O/c13-6-10-2-4-12(15-8-10)14-7-9-1-3-11(16)5-9/h2,4,8-9,11,16H,1,3,5,7H2,(H,14,15). The van der Waals surface area contributed by atoms with Gasteiger partial charge in [-0.2, -0.15) is 5.26 Å². The van der Waals surface area contributed by atoms with E-state index in [9.17, 15) is 5.11 Å². The highest BCUT2D eigenvalue weighted by molar-refractivity contribution is 5.38. The molecule has 0 bridgehead atoms. The monoisotopic (exact) mass is 217 g/mol. The highest BCUT2D eigenvalue weighted by Gasteiger charge is 2.22. The van der Waals surface area contributed by atoms with Crippen molar-refractivity contribution in [1.29, 1.82) is 5.26 Å². The van der Waals surface area contributed by atoms with Crippen LogP contribution in [-0.2, 0) is 0 Å². The van der Waals surface area contributed by atoms with Crippen LogP contribution >= 0.6 is 0 Å². The fraction of sp³-hybridized carbons (Fsp3) is 0.500. The van der Waals surface area contributed by atoms with Crippen molar-refractivity contribution in [1.82, 2.24) is 4.98 Å². The van der Waals surface area contributed by atoms with Crippen molar-refractivity contribution in [3.63, 3.8) is 0 Å². The molecule has 1 aromatic rings. The molecule has 1 aliphatic rings. The van der Waals surface area contributed by atoms with E-state index in [0.717, 1.165) is 31.6 Å². The summed E-state index contributed by atoms with van der Waals surface area (Å²) in [4.78, 5) is 4.13. The highest BCUT2D eigenvalue weighted by Crippen LogP contribution is 2.25. The number of aromatic nitrogens is 1. The van der Waals surface area contributed by atoms with Gasteiger partial charge in [0.05, 0.1) is 11.7 Å². The molecule has 2 atom stereocenters. The lowest BCUT2D eigenvalue weighted by Crippen LogP contribution is -2.13. The molecule has 1 heterocycles. The summed E-state index contributed by atoms with van der Waals surface area (Å²) < 4.78 is 0. The van der Waals surface area contributed by atoms with Gasteiger partial charge >= 0.3 is 0 Å². The van der Waals surface area contributed by atoms with Gasteiger partial charge in [-0.15, -0.1) is 0 Å². The molecule has 1 aromatic heterocycles. The van der Waals surface area contributed by atoms with Gasteiger partial charge in [0.15, 0.2) is 0 Å². The van der Waals surface area contributed by atoms with Crippen molar-refractivity contribution >= 4 is 5.82 Å². The van der Waals surface area contributed by atoms with Gasteiger partial charge in [0.2, 0.25) is 0 Å². The van der Waals surface area contributed by atoms with E-state index in [1.807, 2.05) is 12.1 Å². The molecular formula is C12H15N3O. The second kappa shape index (κ2) is 4.95. The lowest BCUT2D eigenvalue weighted by atomic mass is 10.1. The van der Waals surface area contributed by atoms with Gasteiger partial charge in [-0.25, -0.2) is 4.98 Å². The molecule has 0 aliphatic heterocycles. The Hall–Kier alpha value is -1.60. The lowest BCUT2D eigenvalue weighted by Gasteiger charge is -2.10. The van der Waals surface area contributed by atoms with Crippen molar-refractivity contribution in [2.24, 2.45) is 5.92 Å². The van der Waals surface area contributed by atoms with E-state index >= 15 is 0 Å². The Balaban J connectivity index is 1.83. The van der Waals surface area contributed by atoms with E-state index in [4.69, 9.17) is 5.26 Å². The first-order valence-corrected chi connectivity index (χ1v) is 5.56. The van der Waals surface area contributed by atoms with Crippen molar-refractivity contribution < 1.29 is 5.11 Å². The third-order valence-electron chi connectivity index (χ3n) is 2.98. The summed E-state index contributed by atoms with van der Waals surface area (Å²) >= 11 is 0. The van der Waals surface area contributed by atoms with E-state index < -0.39 is 0 Å². The number of nitrogens with zero attached hydrogens (tertiary/aromatic N) is 2. The fourth-order valence-electron chi connectivity index (χ4n) is 2.05. The van der Waals surface area contributed by atoms with E-state index in [0.29, 0.717) is 11.5 Å². The maximum Gasteiger partial charge on any atom is 0.125 e. The van der Waals surface area contributed by atoms with Crippen LogP contribution in [0.15, 0.2) is 18.3 Å². The van der Waals surface area contributed by atoms with Gasteiger partial charge in [-0.05, 0) is 37.3 Å². The molecule has 84 valence electrons. The van der Waals surface area contributed by atoms with Gasteiger partial charge in [-0.3, -0.25) is 0 Å². The molecule has 0 radical (unpaired) electrons. The SMILES string of the molecule is N#Cc1ccc(NCC2CCC(O)C2)nc1. The largest absolute Gasteiger partial charge is 0.393 e. The number of aliphatic hydroxyl groups is 1. The third-order valence-corrected chi connectivity index (χ3v) is 2.98. The summed E-state index contributed by atoms with van der Waals surface area (Å²) in [6.07, 6.45) is 4.30. The van der Waals surface area contributed by atoms with Gasteiger partial charge in [-0.1, -0.05) is 0 Å². The average molecular weight is 217 g/mol. The maximum atomic E-state index is 9.39. The van der Waals surface area contributed by atoms with E-state index in [1.165, 1.54) is 0 Å². The first kappa shape index (κ1) is 10.9. The van der Waals surface area contributed by atoms with Crippen LogP contribution in [-0.4, -0.2) is 22.7 Å². The number of pyridine rings is 1. The molecule has 4 heteroatoms. The molecule has 0 amide bonds. The zero-order chi connectivity index (χ0) is 11.4.